The lowest BCUT2D eigenvalue weighted by atomic mass is 9.95. The van der Waals surface area contributed by atoms with Crippen LogP contribution < -0.4 is 0 Å². The van der Waals surface area contributed by atoms with Gasteiger partial charge in [0.2, 0.25) is 5.91 Å². The van der Waals surface area contributed by atoms with Crippen LogP contribution in [0.25, 0.3) is 11.3 Å². The molecule has 2 saturated heterocycles. The summed E-state index contributed by atoms with van der Waals surface area (Å²) in [7, 11) is 0. The highest BCUT2D eigenvalue weighted by molar-refractivity contribution is 5.79. The number of aromatic nitrogens is 3. The summed E-state index contributed by atoms with van der Waals surface area (Å²) in [5, 5.41) is 8.39. The molecule has 0 radical (unpaired) electrons. The van der Waals surface area contributed by atoms with E-state index in [1.165, 1.54) is 12.1 Å². The normalized spacial score (nSPS) is 21.3. The Morgan fingerprint density at radius 1 is 1.19 bits per heavy atom. The summed E-state index contributed by atoms with van der Waals surface area (Å²) >= 11 is 0. The van der Waals surface area contributed by atoms with E-state index in [0.29, 0.717) is 19.1 Å². The number of benzene rings is 1. The summed E-state index contributed by atoms with van der Waals surface area (Å²) in [5.41, 5.74) is 1.61. The van der Waals surface area contributed by atoms with Crippen LogP contribution in [0.1, 0.15) is 19.3 Å². The monoisotopic (exact) mass is 358 g/mol. The van der Waals surface area contributed by atoms with E-state index in [-0.39, 0.29) is 17.6 Å². The number of hydrogen-bond donors (Lipinski definition) is 0. The Kier molecular flexibility index (Phi) is 4.97. The number of halogens is 1. The van der Waals surface area contributed by atoms with Crippen molar-refractivity contribution in [1.29, 1.82) is 0 Å². The molecule has 2 fully saturated rings. The summed E-state index contributed by atoms with van der Waals surface area (Å²) in [5.74, 6) is 0.536. The van der Waals surface area contributed by atoms with Crippen molar-refractivity contribution in [3.63, 3.8) is 0 Å². The van der Waals surface area contributed by atoms with Gasteiger partial charge in [0.25, 0.3) is 0 Å². The highest BCUT2D eigenvalue weighted by Gasteiger charge is 2.30. The Labute approximate surface area is 151 Å². The molecule has 0 bridgehead atoms. The first kappa shape index (κ1) is 17.1. The van der Waals surface area contributed by atoms with E-state index in [4.69, 9.17) is 4.74 Å². The Balaban J connectivity index is 1.30. The SMILES string of the molecule is O=C(C1CCOC1)N1CCC(Cn2cc(-c3ccc(F)cc3)nn2)CC1. The standard InChI is InChI=1S/C19H23FN4O2/c20-17-3-1-15(2-4-17)18-12-24(22-21-18)11-14-5-8-23(9-6-14)19(25)16-7-10-26-13-16/h1-4,12,14,16H,5-11,13H2. The maximum Gasteiger partial charge on any atom is 0.228 e. The second kappa shape index (κ2) is 7.53. The summed E-state index contributed by atoms with van der Waals surface area (Å²) < 4.78 is 20.2. The van der Waals surface area contributed by atoms with Crippen molar-refractivity contribution >= 4 is 5.91 Å². The molecule has 4 rings (SSSR count). The Morgan fingerprint density at radius 3 is 2.65 bits per heavy atom. The third kappa shape index (κ3) is 3.77. The van der Waals surface area contributed by atoms with Crippen molar-refractivity contribution in [2.75, 3.05) is 26.3 Å². The number of amides is 1. The predicted molar refractivity (Wildman–Crippen MR) is 93.6 cm³/mol. The van der Waals surface area contributed by atoms with Crippen molar-refractivity contribution in [2.45, 2.75) is 25.8 Å². The van der Waals surface area contributed by atoms with Crippen LogP contribution in [-0.2, 0) is 16.1 Å². The maximum atomic E-state index is 13.0. The predicted octanol–water partition coefficient (Wildman–Crippen LogP) is 2.36. The number of piperidine rings is 1. The van der Waals surface area contributed by atoms with Gasteiger partial charge in [0.05, 0.1) is 18.7 Å². The number of carbonyl (C=O) groups is 1. The number of carbonyl (C=O) groups excluding carboxylic acids is 1. The average molecular weight is 358 g/mol. The van der Waals surface area contributed by atoms with E-state index in [9.17, 15) is 9.18 Å². The molecule has 2 aromatic rings. The van der Waals surface area contributed by atoms with Crippen LogP contribution in [0.5, 0.6) is 0 Å². The van der Waals surface area contributed by atoms with Gasteiger partial charge in [0.1, 0.15) is 11.5 Å². The van der Waals surface area contributed by atoms with E-state index < -0.39 is 0 Å². The first-order chi connectivity index (χ1) is 12.7. The van der Waals surface area contributed by atoms with Crippen LogP contribution in [0.3, 0.4) is 0 Å². The molecule has 0 aliphatic carbocycles. The molecule has 1 atom stereocenters. The average Bonchev–Trinajstić information content (AvgIpc) is 3.35. The van der Waals surface area contributed by atoms with Gasteiger partial charge in [-0.2, -0.15) is 0 Å². The van der Waals surface area contributed by atoms with Gasteiger partial charge in [0, 0.05) is 31.8 Å². The van der Waals surface area contributed by atoms with Crippen LogP contribution >= 0.6 is 0 Å². The molecular formula is C19H23FN4O2. The summed E-state index contributed by atoms with van der Waals surface area (Å²) in [6.07, 6.45) is 4.71. The van der Waals surface area contributed by atoms with E-state index in [1.807, 2.05) is 15.8 Å². The smallest absolute Gasteiger partial charge is 0.228 e. The molecule has 7 heteroatoms. The minimum atomic E-state index is -0.258. The second-order valence-corrected chi connectivity index (χ2v) is 7.16. The minimum absolute atomic E-state index is 0.0557. The largest absolute Gasteiger partial charge is 0.381 e. The van der Waals surface area contributed by atoms with Gasteiger partial charge in [-0.1, -0.05) is 5.21 Å². The molecule has 26 heavy (non-hydrogen) atoms. The highest BCUT2D eigenvalue weighted by atomic mass is 19.1. The number of rotatable bonds is 4. The molecular weight excluding hydrogens is 335 g/mol. The maximum absolute atomic E-state index is 13.0. The van der Waals surface area contributed by atoms with Crippen LogP contribution in [0.2, 0.25) is 0 Å². The van der Waals surface area contributed by atoms with Gasteiger partial charge in [-0.15, -0.1) is 5.10 Å². The fraction of sp³-hybridized carbons (Fsp3) is 0.526. The third-order valence-corrected chi connectivity index (χ3v) is 5.33. The molecule has 2 aliphatic rings. The topological polar surface area (TPSA) is 60.2 Å². The lowest BCUT2D eigenvalue weighted by molar-refractivity contribution is -0.137. The molecule has 6 nitrogen and oxygen atoms in total. The Hall–Kier alpha value is -2.28. The zero-order chi connectivity index (χ0) is 17.9. The molecule has 0 N–H and O–H groups in total. The summed E-state index contributed by atoms with van der Waals surface area (Å²) in [6, 6.07) is 6.27. The second-order valence-electron chi connectivity index (χ2n) is 7.16. The fourth-order valence-electron chi connectivity index (χ4n) is 3.73. The van der Waals surface area contributed by atoms with Crippen LogP contribution in [0, 0.1) is 17.7 Å². The molecule has 1 unspecified atom stereocenters. The highest BCUT2D eigenvalue weighted by Crippen LogP contribution is 2.24. The lowest BCUT2D eigenvalue weighted by Gasteiger charge is -2.33. The zero-order valence-corrected chi connectivity index (χ0v) is 14.7. The van der Waals surface area contributed by atoms with Crippen LogP contribution in [0.15, 0.2) is 30.5 Å². The first-order valence-corrected chi connectivity index (χ1v) is 9.21. The zero-order valence-electron chi connectivity index (χ0n) is 14.7. The quantitative estimate of drug-likeness (QED) is 0.842. The molecule has 0 saturated carbocycles. The Bertz CT molecular complexity index is 747. The van der Waals surface area contributed by atoms with Crippen molar-refractivity contribution in [3.05, 3.63) is 36.3 Å². The molecule has 3 heterocycles. The van der Waals surface area contributed by atoms with Crippen molar-refractivity contribution in [1.82, 2.24) is 19.9 Å². The summed E-state index contributed by atoms with van der Waals surface area (Å²) in [6.45, 7) is 3.68. The molecule has 138 valence electrons. The molecule has 1 amide bonds. The molecule has 1 aromatic carbocycles. The fourth-order valence-corrected chi connectivity index (χ4v) is 3.73. The van der Waals surface area contributed by atoms with E-state index >= 15 is 0 Å². The van der Waals surface area contributed by atoms with Crippen LogP contribution in [-0.4, -0.2) is 52.1 Å². The number of likely N-dealkylation sites (tertiary alicyclic amines) is 1. The van der Waals surface area contributed by atoms with Gasteiger partial charge in [-0.3, -0.25) is 9.48 Å². The van der Waals surface area contributed by atoms with Gasteiger partial charge >= 0.3 is 0 Å². The van der Waals surface area contributed by atoms with Crippen molar-refractivity contribution < 1.29 is 13.9 Å². The van der Waals surface area contributed by atoms with Crippen molar-refractivity contribution in [2.24, 2.45) is 11.8 Å². The third-order valence-electron chi connectivity index (χ3n) is 5.33. The number of hydrogen-bond acceptors (Lipinski definition) is 4. The van der Waals surface area contributed by atoms with Gasteiger partial charge in [0.15, 0.2) is 0 Å². The van der Waals surface area contributed by atoms with E-state index in [0.717, 1.165) is 50.2 Å². The van der Waals surface area contributed by atoms with E-state index in [1.54, 1.807) is 12.1 Å². The summed E-state index contributed by atoms with van der Waals surface area (Å²) in [4.78, 5) is 14.4. The number of ether oxygens (including phenoxy) is 1. The van der Waals surface area contributed by atoms with Gasteiger partial charge < -0.3 is 9.64 Å². The number of nitrogens with zero attached hydrogens (tertiary/aromatic N) is 4. The van der Waals surface area contributed by atoms with E-state index in [2.05, 4.69) is 10.3 Å². The first-order valence-electron chi connectivity index (χ1n) is 9.21. The molecule has 2 aliphatic heterocycles. The van der Waals surface area contributed by atoms with Crippen LogP contribution in [0.4, 0.5) is 4.39 Å². The van der Waals surface area contributed by atoms with Gasteiger partial charge in [-0.25, -0.2) is 4.39 Å². The van der Waals surface area contributed by atoms with Crippen molar-refractivity contribution in [3.8, 4) is 11.3 Å². The molecule has 0 spiro atoms. The van der Waals surface area contributed by atoms with Gasteiger partial charge in [-0.05, 0) is 49.4 Å². The Morgan fingerprint density at radius 2 is 1.96 bits per heavy atom. The minimum Gasteiger partial charge on any atom is -0.381 e. The lowest BCUT2D eigenvalue weighted by Crippen LogP contribution is -2.42. The molecule has 1 aromatic heterocycles.